The van der Waals surface area contributed by atoms with Gasteiger partial charge < -0.3 is 9.84 Å². The molecule has 84 valence electrons. The second-order valence-electron chi connectivity index (χ2n) is 3.58. The highest BCUT2D eigenvalue weighted by atomic mass is 32.1. The van der Waals surface area contributed by atoms with Crippen LogP contribution >= 0.6 is 11.3 Å². The zero-order valence-electron chi connectivity index (χ0n) is 9.09. The van der Waals surface area contributed by atoms with Gasteiger partial charge in [0.05, 0.1) is 6.10 Å². The van der Waals surface area contributed by atoms with E-state index in [-0.39, 0.29) is 0 Å². The summed E-state index contributed by atoms with van der Waals surface area (Å²) >= 11 is 1.67. The van der Waals surface area contributed by atoms with Crippen LogP contribution in [0.2, 0.25) is 0 Å². The number of ether oxygens (including phenoxy) is 1. The summed E-state index contributed by atoms with van der Waals surface area (Å²) in [6.45, 7) is 2.30. The van der Waals surface area contributed by atoms with Crippen molar-refractivity contribution in [1.29, 1.82) is 0 Å². The molecule has 0 aliphatic carbocycles. The fourth-order valence-electron chi connectivity index (χ4n) is 1.50. The first-order chi connectivity index (χ1) is 7.77. The van der Waals surface area contributed by atoms with Gasteiger partial charge in [0.25, 0.3) is 0 Å². The predicted molar refractivity (Wildman–Crippen MR) is 65.7 cm³/mol. The van der Waals surface area contributed by atoms with Gasteiger partial charge >= 0.3 is 0 Å². The van der Waals surface area contributed by atoms with Crippen LogP contribution in [0, 0.1) is 0 Å². The van der Waals surface area contributed by atoms with Gasteiger partial charge in [-0.25, -0.2) is 0 Å². The maximum atomic E-state index is 9.58. The lowest BCUT2D eigenvalue weighted by molar-refractivity contribution is 0.190. The molecule has 0 saturated carbocycles. The van der Waals surface area contributed by atoms with Crippen molar-refractivity contribution in [2.75, 3.05) is 0 Å². The minimum absolute atomic E-state index is 0.500. The second kappa shape index (κ2) is 5.14. The van der Waals surface area contributed by atoms with Crippen molar-refractivity contribution in [1.82, 2.24) is 0 Å². The number of para-hydroxylation sites is 1. The Labute approximate surface area is 99.1 Å². The number of thiophene rings is 1. The summed E-state index contributed by atoms with van der Waals surface area (Å²) in [5.41, 5.74) is 0.832. The maximum absolute atomic E-state index is 9.58. The van der Waals surface area contributed by atoms with E-state index in [1.165, 1.54) is 4.88 Å². The molecule has 1 aromatic heterocycles. The molecule has 0 unspecified atom stereocenters. The smallest absolute Gasteiger partial charge is 0.125 e. The summed E-state index contributed by atoms with van der Waals surface area (Å²) < 4.78 is 5.69. The molecule has 0 aliphatic rings. The molecule has 0 saturated heterocycles. The topological polar surface area (TPSA) is 29.5 Å². The van der Waals surface area contributed by atoms with E-state index in [4.69, 9.17) is 4.74 Å². The van der Waals surface area contributed by atoms with Crippen LogP contribution in [0.15, 0.2) is 41.8 Å². The standard InChI is InChI=1S/C13H14O2S/c1-10(14)12-6-2-3-7-13(12)15-9-11-5-4-8-16-11/h2-8,10,14H,9H2,1H3/t10-/m0/s1. The first kappa shape index (κ1) is 11.2. The Kier molecular flexibility index (Phi) is 3.59. The third-order valence-electron chi connectivity index (χ3n) is 2.32. The molecule has 0 aliphatic heterocycles. The average Bonchev–Trinajstić information content (AvgIpc) is 2.79. The fraction of sp³-hybridized carbons (Fsp3) is 0.231. The summed E-state index contributed by atoms with van der Waals surface area (Å²) in [6, 6.07) is 11.6. The summed E-state index contributed by atoms with van der Waals surface area (Å²) in [4.78, 5) is 1.18. The molecule has 16 heavy (non-hydrogen) atoms. The zero-order chi connectivity index (χ0) is 11.4. The van der Waals surface area contributed by atoms with E-state index in [9.17, 15) is 5.11 Å². The third kappa shape index (κ3) is 2.62. The van der Waals surface area contributed by atoms with Crippen LogP contribution in [-0.2, 0) is 6.61 Å². The summed E-state index contributed by atoms with van der Waals surface area (Å²) in [7, 11) is 0. The molecule has 0 spiro atoms. The van der Waals surface area contributed by atoms with Crippen molar-refractivity contribution < 1.29 is 9.84 Å². The van der Waals surface area contributed by atoms with E-state index in [1.54, 1.807) is 18.3 Å². The van der Waals surface area contributed by atoms with Crippen molar-refractivity contribution in [2.45, 2.75) is 19.6 Å². The van der Waals surface area contributed by atoms with Gasteiger partial charge in [-0.2, -0.15) is 0 Å². The van der Waals surface area contributed by atoms with Crippen LogP contribution in [0.25, 0.3) is 0 Å². The van der Waals surface area contributed by atoms with Gasteiger partial charge in [0.1, 0.15) is 12.4 Å². The minimum atomic E-state index is -0.500. The SMILES string of the molecule is C[C@H](O)c1ccccc1OCc1cccs1. The Morgan fingerprint density at radius 1 is 1.25 bits per heavy atom. The molecular formula is C13H14O2S. The summed E-state index contributed by atoms with van der Waals surface area (Å²) in [6.07, 6.45) is -0.500. The quantitative estimate of drug-likeness (QED) is 0.878. The van der Waals surface area contributed by atoms with Crippen LogP contribution in [0.4, 0.5) is 0 Å². The molecule has 1 atom stereocenters. The number of rotatable bonds is 4. The summed E-state index contributed by atoms with van der Waals surface area (Å²) in [5.74, 6) is 0.755. The molecule has 1 heterocycles. The molecule has 2 aromatic rings. The molecule has 0 bridgehead atoms. The van der Waals surface area contributed by atoms with Gasteiger partial charge in [0, 0.05) is 10.4 Å². The highest BCUT2D eigenvalue weighted by molar-refractivity contribution is 7.09. The first-order valence-corrected chi connectivity index (χ1v) is 6.07. The van der Waals surface area contributed by atoms with Crippen LogP contribution in [0.1, 0.15) is 23.5 Å². The molecule has 3 heteroatoms. The number of hydrogen-bond acceptors (Lipinski definition) is 3. The van der Waals surface area contributed by atoms with E-state index < -0.39 is 6.10 Å². The molecule has 1 aromatic carbocycles. The van der Waals surface area contributed by atoms with Crippen molar-refractivity contribution in [3.8, 4) is 5.75 Å². The van der Waals surface area contributed by atoms with Gasteiger partial charge in [-0.15, -0.1) is 11.3 Å². The van der Waals surface area contributed by atoms with Crippen LogP contribution in [0.5, 0.6) is 5.75 Å². The molecule has 1 N–H and O–H groups in total. The largest absolute Gasteiger partial charge is 0.488 e. The molecule has 2 nitrogen and oxygen atoms in total. The fourth-order valence-corrected chi connectivity index (χ4v) is 2.12. The number of aliphatic hydroxyl groups is 1. The Hall–Kier alpha value is -1.32. The van der Waals surface area contributed by atoms with Gasteiger partial charge in [-0.05, 0) is 24.4 Å². The van der Waals surface area contributed by atoms with Crippen LogP contribution in [-0.4, -0.2) is 5.11 Å². The monoisotopic (exact) mass is 234 g/mol. The number of benzene rings is 1. The predicted octanol–water partition coefficient (Wildman–Crippen LogP) is 3.38. The number of aliphatic hydroxyl groups excluding tert-OH is 1. The van der Waals surface area contributed by atoms with Gasteiger partial charge in [-0.3, -0.25) is 0 Å². The number of hydrogen-bond donors (Lipinski definition) is 1. The molecule has 0 amide bonds. The van der Waals surface area contributed by atoms with Crippen LogP contribution < -0.4 is 4.74 Å². The Morgan fingerprint density at radius 2 is 2.06 bits per heavy atom. The molecular weight excluding hydrogens is 220 g/mol. The van der Waals surface area contributed by atoms with E-state index in [0.717, 1.165) is 11.3 Å². The minimum Gasteiger partial charge on any atom is -0.488 e. The average molecular weight is 234 g/mol. The Balaban J connectivity index is 2.09. The first-order valence-electron chi connectivity index (χ1n) is 5.19. The van der Waals surface area contributed by atoms with Gasteiger partial charge in [-0.1, -0.05) is 24.3 Å². The molecule has 0 fully saturated rings. The highest BCUT2D eigenvalue weighted by Gasteiger charge is 2.08. The lowest BCUT2D eigenvalue weighted by Gasteiger charge is -2.12. The molecule has 0 radical (unpaired) electrons. The van der Waals surface area contributed by atoms with E-state index in [0.29, 0.717) is 6.61 Å². The van der Waals surface area contributed by atoms with E-state index in [2.05, 4.69) is 0 Å². The van der Waals surface area contributed by atoms with Crippen molar-refractivity contribution in [3.05, 3.63) is 52.2 Å². The summed E-state index contributed by atoms with van der Waals surface area (Å²) in [5, 5.41) is 11.6. The molecule has 2 rings (SSSR count). The van der Waals surface area contributed by atoms with Gasteiger partial charge in [0.2, 0.25) is 0 Å². The maximum Gasteiger partial charge on any atom is 0.125 e. The Bertz CT molecular complexity index is 435. The lowest BCUT2D eigenvalue weighted by Crippen LogP contribution is -1.99. The zero-order valence-corrected chi connectivity index (χ0v) is 9.91. The van der Waals surface area contributed by atoms with Gasteiger partial charge in [0.15, 0.2) is 0 Å². The lowest BCUT2D eigenvalue weighted by atomic mass is 10.1. The third-order valence-corrected chi connectivity index (χ3v) is 3.17. The van der Waals surface area contributed by atoms with E-state index in [1.807, 2.05) is 41.8 Å². The van der Waals surface area contributed by atoms with E-state index >= 15 is 0 Å². The van der Waals surface area contributed by atoms with Crippen molar-refractivity contribution in [2.24, 2.45) is 0 Å². The highest BCUT2D eigenvalue weighted by Crippen LogP contribution is 2.25. The van der Waals surface area contributed by atoms with Crippen molar-refractivity contribution >= 4 is 11.3 Å². The van der Waals surface area contributed by atoms with Crippen molar-refractivity contribution in [3.63, 3.8) is 0 Å². The van der Waals surface area contributed by atoms with Crippen LogP contribution in [0.3, 0.4) is 0 Å². The normalized spacial score (nSPS) is 12.4. The Morgan fingerprint density at radius 3 is 2.75 bits per heavy atom. The second-order valence-corrected chi connectivity index (χ2v) is 4.61.